The van der Waals surface area contributed by atoms with Crippen molar-refractivity contribution in [3.8, 4) is 11.3 Å². The van der Waals surface area contributed by atoms with Crippen molar-refractivity contribution in [3.05, 3.63) is 89.4 Å². The van der Waals surface area contributed by atoms with Gasteiger partial charge < -0.3 is 5.32 Å². The van der Waals surface area contributed by atoms with E-state index >= 15 is 0 Å². The Labute approximate surface area is 151 Å². The van der Waals surface area contributed by atoms with Gasteiger partial charge in [0.05, 0.1) is 17.3 Å². The van der Waals surface area contributed by atoms with E-state index in [1.54, 1.807) is 30.5 Å². The lowest BCUT2D eigenvalue weighted by Gasteiger charge is -2.26. The Morgan fingerprint density at radius 2 is 1.85 bits per heavy atom. The van der Waals surface area contributed by atoms with Crippen molar-refractivity contribution in [2.45, 2.75) is 25.3 Å². The molecular formula is C22H19FN2O. The summed E-state index contributed by atoms with van der Waals surface area (Å²) in [7, 11) is 0. The topological polar surface area (TPSA) is 42.0 Å². The molecule has 1 aromatic heterocycles. The highest BCUT2D eigenvalue weighted by atomic mass is 19.1. The Balaban J connectivity index is 1.50. The van der Waals surface area contributed by atoms with Crippen LogP contribution in [0.15, 0.2) is 66.9 Å². The highest BCUT2D eigenvalue weighted by Crippen LogP contribution is 2.29. The number of hydrogen-bond donors (Lipinski definition) is 1. The molecule has 130 valence electrons. The Kier molecular flexibility index (Phi) is 4.48. The average Bonchev–Trinajstić information content (AvgIpc) is 2.69. The quantitative estimate of drug-likeness (QED) is 0.747. The molecule has 3 nitrogen and oxygen atoms in total. The second kappa shape index (κ2) is 7.08. The van der Waals surface area contributed by atoms with Crippen LogP contribution >= 0.6 is 0 Å². The fraction of sp³-hybridized carbons (Fsp3) is 0.182. The Morgan fingerprint density at radius 3 is 2.62 bits per heavy atom. The first-order valence-corrected chi connectivity index (χ1v) is 8.81. The lowest BCUT2D eigenvalue weighted by Crippen LogP contribution is -2.31. The summed E-state index contributed by atoms with van der Waals surface area (Å²) >= 11 is 0. The Morgan fingerprint density at radius 1 is 1.04 bits per heavy atom. The van der Waals surface area contributed by atoms with Gasteiger partial charge in [0, 0.05) is 11.8 Å². The zero-order valence-corrected chi connectivity index (χ0v) is 14.3. The SMILES string of the molecule is O=C(N[C@@H]1CCCc2ccccc21)c1ccc(-c2ccc(F)cc2)nc1. The molecule has 2 aromatic carbocycles. The highest BCUT2D eigenvalue weighted by molar-refractivity contribution is 5.94. The predicted molar refractivity (Wildman–Crippen MR) is 99.2 cm³/mol. The maximum atomic E-state index is 13.0. The lowest BCUT2D eigenvalue weighted by molar-refractivity contribution is 0.0932. The standard InChI is InChI=1S/C22H19FN2O/c23-18-11-8-16(9-12-18)20-13-10-17(14-24-20)22(26)25-21-7-3-5-15-4-1-2-6-19(15)21/h1-2,4,6,8-14,21H,3,5,7H2,(H,25,26)/t21-/m1/s1. The van der Waals surface area contributed by atoms with Gasteiger partial charge in [-0.2, -0.15) is 0 Å². The third-order valence-electron chi connectivity index (χ3n) is 4.84. The molecule has 1 amide bonds. The number of hydrogen-bond acceptors (Lipinski definition) is 2. The second-order valence-electron chi connectivity index (χ2n) is 6.56. The van der Waals surface area contributed by atoms with Crippen molar-refractivity contribution < 1.29 is 9.18 Å². The molecule has 0 radical (unpaired) electrons. The van der Waals surface area contributed by atoms with Crippen LogP contribution in [0.5, 0.6) is 0 Å². The van der Waals surface area contributed by atoms with Gasteiger partial charge >= 0.3 is 0 Å². The van der Waals surface area contributed by atoms with E-state index in [1.165, 1.54) is 23.3 Å². The number of aromatic nitrogens is 1. The summed E-state index contributed by atoms with van der Waals surface area (Å²) in [5.41, 5.74) is 4.58. The zero-order valence-electron chi connectivity index (χ0n) is 14.3. The number of benzene rings is 2. The van der Waals surface area contributed by atoms with Crippen molar-refractivity contribution in [1.82, 2.24) is 10.3 Å². The molecule has 0 aliphatic heterocycles. The molecule has 1 aliphatic carbocycles. The largest absolute Gasteiger partial charge is 0.345 e. The number of aryl methyl sites for hydroxylation is 1. The first kappa shape index (κ1) is 16.5. The summed E-state index contributed by atoms with van der Waals surface area (Å²) in [4.78, 5) is 17.0. The Bertz CT molecular complexity index is 920. The van der Waals surface area contributed by atoms with E-state index < -0.39 is 0 Å². The van der Waals surface area contributed by atoms with Crippen LogP contribution in [-0.4, -0.2) is 10.9 Å². The number of nitrogens with zero attached hydrogens (tertiary/aromatic N) is 1. The van der Waals surface area contributed by atoms with Gasteiger partial charge in [0.15, 0.2) is 0 Å². The van der Waals surface area contributed by atoms with Crippen LogP contribution in [0.3, 0.4) is 0 Å². The van der Waals surface area contributed by atoms with E-state index in [4.69, 9.17) is 0 Å². The van der Waals surface area contributed by atoms with Gasteiger partial charge in [-0.25, -0.2) is 4.39 Å². The van der Waals surface area contributed by atoms with E-state index in [0.717, 1.165) is 24.8 Å². The summed E-state index contributed by atoms with van der Waals surface area (Å²) < 4.78 is 13.0. The molecule has 0 spiro atoms. The Hall–Kier alpha value is -3.01. The van der Waals surface area contributed by atoms with Crippen molar-refractivity contribution in [1.29, 1.82) is 0 Å². The molecule has 0 saturated carbocycles. The number of carbonyl (C=O) groups excluding carboxylic acids is 1. The second-order valence-corrected chi connectivity index (χ2v) is 6.56. The number of carbonyl (C=O) groups is 1. The van der Waals surface area contributed by atoms with Gasteiger partial charge in [-0.15, -0.1) is 0 Å². The molecule has 0 bridgehead atoms. The number of halogens is 1. The first-order chi connectivity index (χ1) is 12.7. The predicted octanol–water partition coefficient (Wildman–Crippen LogP) is 4.70. The van der Waals surface area contributed by atoms with Crippen molar-refractivity contribution in [2.75, 3.05) is 0 Å². The van der Waals surface area contributed by atoms with Crippen LogP contribution in [0, 0.1) is 5.82 Å². The third kappa shape index (κ3) is 3.36. The minimum absolute atomic E-state index is 0.0456. The van der Waals surface area contributed by atoms with Gasteiger partial charge in [-0.1, -0.05) is 24.3 Å². The van der Waals surface area contributed by atoms with Crippen LogP contribution < -0.4 is 5.32 Å². The van der Waals surface area contributed by atoms with E-state index in [2.05, 4.69) is 22.4 Å². The third-order valence-corrected chi connectivity index (χ3v) is 4.84. The number of nitrogens with one attached hydrogen (secondary N) is 1. The highest BCUT2D eigenvalue weighted by Gasteiger charge is 2.21. The van der Waals surface area contributed by atoms with Gasteiger partial charge in [0.25, 0.3) is 5.91 Å². The molecule has 3 aromatic rings. The van der Waals surface area contributed by atoms with Gasteiger partial charge in [-0.3, -0.25) is 9.78 Å². The fourth-order valence-electron chi connectivity index (χ4n) is 3.47. The fourth-order valence-corrected chi connectivity index (χ4v) is 3.47. The molecule has 1 aliphatic rings. The number of rotatable bonds is 3. The van der Waals surface area contributed by atoms with Crippen molar-refractivity contribution >= 4 is 5.91 Å². The molecule has 1 atom stereocenters. The maximum Gasteiger partial charge on any atom is 0.253 e. The van der Waals surface area contributed by atoms with Crippen LogP contribution in [-0.2, 0) is 6.42 Å². The smallest absolute Gasteiger partial charge is 0.253 e. The summed E-state index contributed by atoms with van der Waals surface area (Å²) in [6, 6.07) is 18.0. The molecule has 1 heterocycles. The molecule has 0 unspecified atom stereocenters. The normalized spacial score (nSPS) is 16.0. The van der Waals surface area contributed by atoms with Crippen molar-refractivity contribution in [3.63, 3.8) is 0 Å². The summed E-state index contributed by atoms with van der Waals surface area (Å²) in [5, 5.41) is 3.13. The van der Waals surface area contributed by atoms with E-state index in [1.807, 2.05) is 12.1 Å². The molecule has 4 heteroatoms. The zero-order chi connectivity index (χ0) is 17.9. The van der Waals surface area contributed by atoms with Gasteiger partial charge in [0.2, 0.25) is 0 Å². The monoisotopic (exact) mass is 346 g/mol. The van der Waals surface area contributed by atoms with E-state index in [0.29, 0.717) is 11.3 Å². The number of fused-ring (bicyclic) bond motifs is 1. The van der Waals surface area contributed by atoms with Crippen LogP contribution in [0.2, 0.25) is 0 Å². The summed E-state index contributed by atoms with van der Waals surface area (Å²) in [6.07, 6.45) is 4.66. The number of pyridine rings is 1. The summed E-state index contributed by atoms with van der Waals surface area (Å²) in [5.74, 6) is -0.401. The molecular weight excluding hydrogens is 327 g/mol. The minimum atomic E-state index is -0.280. The van der Waals surface area contributed by atoms with Crippen LogP contribution in [0.1, 0.15) is 40.4 Å². The number of amides is 1. The van der Waals surface area contributed by atoms with Gasteiger partial charge in [-0.05, 0) is 66.8 Å². The molecule has 0 fully saturated rings. The van der Waals surface area contributed by atoms with Crippen LogP contribution in [0.25, 0.3) is 11.3 Å². The van der Waals surface area contributed by atoms with E-state index in [9.17, 15) is 9.18 Å². The molecule has 0 saturated heterocycles. The minimum Gasteiger partial charge on any atom is -0.345 e. The van der Waals surface area contributed by atoms with E-state index in [-0.39, 0.29) is 17.8 Å². The van der Waals surface area contributed by atoms with Crippen LogP contribution in [0.4, 0.5) is 4.39 Å². The lowest BCUT2D eigenvalue weighted by atomic mass is 9.87. The summed E-state index contributed by atoms with van der Waals surface area (Å²) in [6.45, 7) is 0. The van der Waals surface area contributed by atoms with Gasteiger partial charge in [0.1, 0.15) is 5.82 Å². The maximum absolute atomic E-state index is 13.0. The molecule has 26 heavy (non-hydrogen) atoms. The molecule has 1 N–H and O–H groups in total. The molecule has 4 rings (SSSR count). The average molecular weight is 346 g/mol. The van der Waals surface area contributed by atoms with Crippen molar-refractivity contribution in [2.24, 2.45) is 0 Å². The first-order valence-electron chi connectivity index (χ1n) is 8.81.